The van der Waals surface area contributed by atoms with Gasteiger partial charge in [-0.25, -0.2) is 4.39 Å². The molecular formula is C16H15Cl3FN. The Morgan fingerprint density at radius 2 is 1.81 bits per heavy atom. The summed E-state index contributed by atoms with van der Waals surface area (Å²) in [4.78, 5) is 0. The number of rotatable bonds is 5. The predicted octanol–water partition coefficient (Wildman–Crippen LogP) is 5.68. The van der Waals surface area contributed by atoms with Gasteiger partial charge >= 0.3 is 0 Å². The van der Waals surface area contributed by atoms with Crippen LogP contribution in [0.25, 0.3) is 0 Å². The molecule has 0 saturated heterocycles. The van der Waals surface area contributed by atoms with E-state index in [1.807, 2.05) is 19.1 Å². The molecule has 0 fully saturated rings. The lowest BCUT2D eigenvalue weighted by molar-refractivity contribution is 0.547. The highest BCUT2D eigenvalue weighted by Gasteiger charge is 2.15. The van der Waals surface area contributed by atoms with E-state index < -0.39 is 5.82 Å². The van der Waals surface area contributed by atoms with Crippen molar-refractivity contribution < 1.29 is 4.39 Å². The van der Waals surface area contributed by atoms with Gasteiger partial charge in [0.05, 0.1) is 5.02 Å². The Hall–Kier alpha value is -0.800. The second kappa shape index (κ2) is 7.46. The Morgan fingerprint density at radius 1 is 1.05 bits per heavy atom. The maximum atomic E-state index is 13.6. The van der Waals surface area contributed by atoms with Gasteiger partial charge in [0.2, 0.25) is 0 Å². The standard InChI is InChI=1S/C16H15Cl3FN/c1-2-21-16(12-5-4-11(17)9-14(12)19)8-10-3-6-13(18)15(20)7-10/h3-7,9,16,21H,2,8H2,1H3. The highest BCUT2D eigenvalue weighted by molar-refractivity contribution is 6.35. The van der Waals surface area contributed by atoms with E-state index in [1.54, 1.807) is 18.2 Å². The molecule has 2 rings (SSSR count). The number of nitrogens with one attached hydrogen (secondary N) is 1. The molecule has 0 aliphatic heterocycles. The first kappa shape index (κ1) is 16.6. The summed E-state index contributed by atoms with van der Waals surface area (Å²) in [6.45, 7) is 2.79. The second-order valence-corrected chi connectivity index (χ2v) is 5.98. The third kappa shape index (κ3) is 4.33. The predicted molar refractivity (Wildman–Crippen MR) is 88.0 cm³/mol. The van der Waals surface area contributed by atoms with E-state index >= 15 is 0 Å². The van der Waals surface area contributed by atoms with Gasteiger partial charge in [-0.3, -0.25) is 0 Å². The van der Waals surface area contributed by atoms with Gasteiger partial charge in [-0.05, 0) is 48.4 Å². The van der Waals surface area contributed by atoms with E-state index in [1.165, 1.54) is 6.07 Å². The lowest BCUT2D eigenvalue weighted by Gasteiger charge is -2.20. The molecule has 0 heterocycles. The summed E-state index contributed by atoms with van der Waals surface area (Å²) in [6.07, 6.45) is 0.614. The Labute approximate surface area is 139 Å². The first-order valence-corrected chi connectivity index (χ1v) is 7.77. The zero-order chi connectivity index (χ0) is 15.4. The molecule has 0 aliphatic rings. The fourth-order valence-corrected chi connectivity index (χ4v) is 2.88. The summed E-state index contributed by atoms with van der Waals surface area (Å²) < 4.78 is 13.6. The molecule has 0 saturated carbocycles. The summed E-state index contributed by atoms with van der Waals surface area (Å²) in [7, 11) is 0. The van der Waals surface area contributed by atoms with Gasteiger partial charge in [0.1, 0.15) is 5.82 Å². The molecule has 2 aromatic carbocycles. The number of hydrogen-bond donors (Lipinski definition) is 1. The minimum absolute atomic E-state index is 0.0136. The van der Waals surface area contributed by atoms with Crippen molar-refractivity contribution in [2.24, 2.45) is 0 Å². The van der Waals surface area contributed by atoms with Crippen molar-refractivity contribution in [3.8, 4) is 0 Å². The van der Waals surface area contributed by atoms with Crippen LogP contribution in [0.5, 0.6) is 0 Å². The summed E-state index contributed by atoms with van der Waals surface area (Å²) in [5.41, 5.74) is 1.80. The quantitative estimate of drug-likeness (QED) is 0.734. The van der Waals surface area contributed by atoms with Crippen LogP contribution < -0.4 is 5.32 Å². The van der Waals surface area contributed by atoms with Crippen LogP contribution in [0.1, 0.15) is 24.1 Å². The highest BCUT2D eigenvalue weighted by Crippen LogP contribution is 2.29. The van der Waals surface area contributed by atoms with E-state index in [4.69, 9.17) is 34.8 Å². The fraction of sp³-hybridized carbons (Fsp3) is 0.250. The van der Waals surface area contributed by atoms with Gasteiger partial charge in [0.15, 0.2) is 0 Å². The minimum atomic E-state index is -0.411. The molecule has 1 nitrogen and oxygen atoms in total. The van der Waals surface area contributed by atoms with Crippen molar-refractivity contribution in [3.63, 3.8) is 0 Å². The fourth-order valence-electron chi connectivity index (χ4n) is 2.22. The Morgan fingerprint density at radius 3 is 2.43 bits per heavy atom. The van der Waals surface area contributed by atoms with Crippen molar-refractivity contribution in [3.05, 3.63) is 68.4 Å². The topological polar surface area (TPSA) is 12.0 Å². The zero-order valence-electron chi connectivity index (χ0n) is 11.5. The lowest BCUT2D eigenvalue weighted by atomic mass is 9.98. The third-order valence-corrected chi connectivity index (χ3v) is 4.08. The molecule has 0 amide bonds. The van der Waals surface area contributed by atoms with Crippen LogP contribution in [-0.2, 0) is 6.42 Å². The van der Waals surface area contributed by atoms with Crippen molar-refractivity contribution in [2.75, 3.05) is 6.54 Å². The second-order valence-electron chi connectivity index (χ2n) is 4.73. The van der Waals surface area contributed by atoms with Crippen molar-refractivity contribution in [1.82, 2.24) is 5.32 Å². The average Bonchev–Trinajstić information content (AvgIpc) is 2.42. The Balaban J connectivity index is 2.28. The molecule has 2 aromatic rings. The van der Waals surface area contributed by atoms with Crippen LogP contribution in [-0.4, -0.2) is 6.54 Å². The van der Waals surface area contributed by atoms with E-state index in [9.17, 15) is 4.39 Å². The van der Waals surface area contributed by atoms with Crippen molar-refractivity contribution in [2.45, 2.75) is 19.4 Å². The van der Waals surface area contributed by atoms with E-state index in [0.717, 1.165) is 17.7 Å². The minimum Gasteiger partial charge on any atom is -0.310 e. The van der Waals surface area contributed by atoms with Gasteiger partial charge in [-0.15, -0.1) is 0 Å². The van der Waals surface area contributed by atoms with Crippen LogP contribution in [0.2, 0.25) is 15.1 Å². The van der Waals surface area contributed by atoms with Crippen LogP contribution in [0, 0.1) is 5.82 Å². The van der Waals surface area contributed by atoms with Crippen molar-refractivity contribution >= 4 is 34.8 Å². The molecule has 0 aliphatic carbocycles. The maximum absolute atomic E-state index is 13.6. The zero-order valence-corrected chi connectivity index (χ0v) is 13.7. The molecule has 5 heteroatoms. The van der Waals surface area contributed by atoms with Crippen LogP contribution in [0.4, 0.5) is 4.39 Å². The summed E-state index contributed by atoms with van der Waals surface area (Å²) >= 11 is 17.9. The number of likely N-dealkylation sites (N-methyl/N-ethyl adjacent to an activating group) is 1. The van der Waals surface area contributed by atoms with Gasteiger partial charge < -0.3 is 5.32 Å². The number of halogens is 4. The molecular weight excluding hydrogens is 332 g/mol. The first-order chi connectivity index (χ1) is 10.0. The Bertz CT molecular complexity index is 631. The van der Waals surface area contributed by atoms with Crippen LogP contribution in [0.15, 0.2) is 36.4 Å². The van der Waals surface area contributed by atoms with Gasteiger partial charge in [-0.1, -0.05) is 53.9 Å². The van der Waals surface area contributed by atoms with E-state index in [-0.39, 0.29) is 11.1 Å². The molecule has 1 N–H and O–H groups in total. The van der Waals surface area contributed by atoms with E-state index in [2.05, 4.69) is 5.32 Å². The lowest BCUT2D eigenvalue weighted by Crippen LogP contribution is -2.23. The van der Waals surface area contributed by atoms with Crippen molar-refractivity contribution in [1.29, 1.82) is 0 Å². The summed E-state index contributed by atoms with van der Waals surface area (Å²) in [5, 5.41) is 4.68. The van der Waals surface area contributed by atoms with Gasteiger partial charge in [-0.2, -0.15) is 0 Å². The van der Waals surface area contributed by atoms with Crippen LogP contribution >= 0.6 is 34.8 Å². The molecule has 1 atom stereocenters. The van der Waals surface area contributed by atoms with Gasteiger partial charge in [0, 0.05) is 16.1 Å². The normalized spacial score (nSPS) is 12.4. The molecule has 0 aromatic heterocycles. The molecule has 1 unspecified atom stereocenters. The average molecular weight is 347 g/mol. The third-order valence-electron chi connectivity index (χ3n) is 3.21. The summed E-state index contributed by atoms with van der Waals surface area (Å²) in [5.74, 6) is -0.411. The SMILES string of the molecule is CCNC(Cc1ccc(Cl)c(F)c1)c1ccc(Cl)cc1Cl. The van der Waals surface area contributed by atoms with E-state index in [0.29, 0.717) is 16.5 Å². The molecule has 0 radical (unpaired) electrons. The molecule has 0 spiro atoms. The summed E-state index contributed by atoms with van der Waals surface area (Å²) in [6, 6.07) is 10.2. The Kier molecular flexibility index (Phi) is 5.88. The number of hydrogen-bond acceptors (Lipinski definition) is 1. The molecule has 112 valence electrons. The van der Waals surface area contributed by atoms with Crippen LogP contribution in [0.3, 0.4) is 0 Å². The monoisotopic (exact) mass is 345 g/mol. The smallest absolute Gasteiger partial charge is 0.142 e. The molecule has 21 heavy (non-hydrogen) atoms. The first-order valence-electron chi connectivity index (χ1n) is 6.63. The largest absolute Gasteiger partial charge is 0.310 e. The maximum Gasteiger partial charge on any atom is 0.142 e. The highest BCUT2D eigenvalue weighted by atomic mass is 35.5. The van der Waals surface area contributed by atoms with Gasteiger partial charge in [0.25, 0.3) is 0 Å². The molecule has 0 bridgehead atoms. The number of benzene rings is 2.